The summed E-state index contributed by atoms with van der Waals surface area (Å²) in [5.41, 5.74) is 0.805. The van der Waals surface area contributed by atoms with Crippen molar-refractivity contribution in [2.45, 2.75) is 13.0 Å². The lowest BCUT2D eigenvalue weighted by Gasteiger charge is -2.03. The van der Waals surface area contributed by atoms with Gasteiger partial charge in [0.1, 0.15) is 5.82 Å². The average molecular weight is 285 g/mol. The zero-order chi connectivity index (χ0) is 13.1. The first-order valence-corrected chi connectivity index (χ1v) is 5.97. The van der Waals surface area contributed by atoms with Gasteiger partial charge in [-0.05, 0) is 17.7 Å². The summed E-state index contributed by atoms with van der Waals surface area (Å²) >= 11 is 11.7. The minimum Gasteiger partial charge on any atom is -0.391 e. The van der Waals surface area contributed by atoms with Gasteiger partial charge in [-0.2, -0.15) is 0 Å². The Balaban J connectivity index is 2.26. The average Bonchev–Trinajstić information content (AvgIpc) is 2.34. The number of rotatable bonds is 3. The van der Waals surface area contributed by atoms with E-state index in [1.807, 2.05) is 6.07 Å². The molecule has 94 valence electrons. The number of hydrogen-bond acceptors (Lipinski definition) is 3. The summed E-state index contributed by atoms with van der Waals surface area (Å²) in [6, 6.07) is 5.23. The molecule has 0 atom stereocenters. The van der Waals surface area contributed by atoms with E-state index in [-0.39, 0.29) is 17.7 Å². The molecule has 0 radical (unpaired) electrons. The molecule has 1 heterocycles. The normalized spacial score (nSPS) is 10.6. The fraction of sp³-hybridized carbons (Fsp3) is 0.167. The lowest BCUT2D eigenvalue weighted by atomic mass is 10.1. The van der Waals surface area contributed by atoms with Crippen molar-refractivity contribution in [2.75, 3.05) is 0 Å². The Morgan fingerprint density at radius 1 is 1.28 bits per heavy atom. The Labute approximate surface area is 113 Å². The maximum absolute atomic E-state index is 11.5. The molecule has 2 aromatic rings. The van der Waals surface area contributed by atoms with Crippen molar-refractivity contribution < 1.29 is 5.11 Å². The van der Waals surface area contributed by atoms with Crippen LogP contribution in [0.4, 0.5) is 0 Å². The molecule has 0 amide bonds. The summed E-state index contributed by atoms with van der Waals surface area (Å²) in [5.74, 6) is 0.510. The number of aromatic nitrogens is 2. The quantitative estimate of drug-likeness (QED) is 0.908. The van der Waals surface area contributed by atoms with Crippen LogP contribution in [0.25, 0.3) is 0 Å². The van der Waals surface area contributed by atoms with Gasteiger partial charge in [0.25, 0.3) is 5.56 Å². The van der Waals surface area contributed by atoms with E-state index in [9.17, 15) is 4.79 Å². The molecule has 18 heavy (non-hydrogen) atoms. The van der Waals surface area contributed by atoms with Crippen molar-refractivity contribution in [1.82, 2.24) is 9.97 Å². The zero-order valence-corrected chi connectivity index (χ0v) is 10.8. The molecular weight excluding hydrogens is 275 g/mol. The third-order valence-corrected chi connectivity index (χ3v) is 3.19. The van der Waals surface area contributed by atoms with Gasteiger partial charge in [-0.3, -0.25) is 4.79 Å². The predicted octanol–water partition coefficient (Wildman–Crippen LogP) is 2.16. The summed E-state index contributed by atoms with van der Waals surface area (Å²) in [6.45, 7) is -0.324. The van der Waals surface area contributed by atoms with Crippen molar-refractivity contribution in [2.24, 2.45) is 0 Å². The van der Waals surface area contributed by atoms with Gasteiger partial charge in [0.2, 0.25) is 0 Å². The van der Waals surface area contributed by atoms with Crippen molar-refractivity contribution >= 4 is 23.2 Å². The Kier molecular flexibility index (Phi) is 4.01. The number of hydrogen-bond donors (Lipinski definition) is 2. The molecule has 2 N–H and O–H groups in total. The molecule has 4 nitrogen and oxygen atoms in total. The van der Waals surface area contributed by atoms with Crippen molar-refractivity contribution in [3.05, 3.63) is 61.7 Å². The SMILES string of the molecule is O=c1[nH]c(Cc2ccc(Cl)c(Cl)c2)ncc1CO. The van der Waals surface area contributed by atoms with Crippen LogP contribution in [0.5, 0.6) is 0 Å². The maximum atomic E-state index is 11.5. The summed E-state index contributed by atoms with van der Waals surface area (Å²) in [5, 5.41) is 9.82. The molecule has 0 aliphatic heterocycles. The molecule has 0 spiro atoms. The van der Waals surface area contributed by atoms with Crippen molar-refractivity contribution in [3.63, 3.8) is 0 Å². The molecule has 0 unspecified atom stereocenters. The number of nitrogens with one attached hydrogen (secondary N) is 1. The second-order valence-corrected chi connectivity index (χ2v) is 4.58. The van der Waals surface area contributed by atoms with Gasteiger partial charge >= 0.3 is 0 Å². The summed E-state index contributed by atoms with van der Waals surface area (Å²) in [6.07, 6.45) is 1.81. The molecule has 0 aliphatic rings. The van der Waals surface area contributed by atoms with Crippen LogP contribution < -0.4 is 5.56 Å². The molecule has 0 saturated heterocycles. The fourth-order valence-electron chi connectivity index (χ4n) is 1.50. The van der Waals surface area contributed by atoms with E-state index in [1.54, 1.807) is 12.1 Å². The smallest absolute Gasteiger partial charge is 0.256 e. The second kappa shape index (κ2) is 5.52. The Morgan fingerprint density at radius 2 is 2.06 bits per heavy atom. The van der Waals surface area contributed by atoms with Gasteiger partial charge in [-0.25, -0.2) is 4.98 Å². The molecule has 1 aromatic carbocycles. The third kappa shape index (κ3) is 2.90. The van der Waals surface area contributed by atoms with E-state index in [0.717, 1.165) is 5.56 Å². The van der Waals surface area contributed by atoms with Crippen LogP contribution in [0.2, 0.25) is 10.0 Å². The number of H-pyrrole nitrogens is 1. The summed E-state index contributed by atoms with van der Waals surface area (Å²) in [4.78, 5) is 18.2. The van der Waals surface area contributed by atoms with Gasteiger partial charge in [0.15, 0.2) is 0 Å². The van der Waals surface area contributed by atoms with E-state index >= 15 is 0 Å². The Bertz CT molecular complexity index is 626. The Morgan fingerprint density at radius 3 is 2.67 bits per heavy atom. The highest BCUT2D eigenvalue weighted by Crippen LogP contribution is 2.23. The lowest BCUT2D eigenvalue weighted by molar-refractivity contribution is 0.279. The van der Waals surface area contributed by atoms with Crippen molar-refractivity contribution in [3.8, 4) is 0 Å². The fourth-order valence-corrected chi connectivity index (χ4v) is 1.82. The molecule has 6 heteroatoms. The Hall–Kier alpha value is -1.36. The highest BCUT2D eigenvalue weighted by molar-refractivity contribution is 6.42. The maximum Gasteiger partial charge on any atom is 0.256 e. The van der Waals surface area contributed by atoms with E-state index in [4.69, 9.17) is 28.3 Å². The molecule has 0 aliphatic carbocycles. The van der Waals surface area contributed by atoms with Gasteiger partial charge in [-0.1, -0.05) is 29.3 Å². The minimum absolute atomic E-state index is 0.243. The molecule has 0 fully saturated rings. The van der Waals surface area contributed by atoms with Crippen LogP contribution in [0.15, 0.2) is 29.2 Å². The first-order valence-electron chi connectivity index (χ1n) is 5.22. The number of aromatic amines is 1. The van der Waals surface area contributed by atoms with Crippen LogP contribution >= 0.6 is 23.2 Å². The van der Waals surface area contributed by atoms with Gasteiger partial charge in [0, 0.05) is 12.6 Å². The van der Waals surface area contributed by atoms with E-state index < -0.39 is 0 Å². The summed E-state index contributed by atoms with van der Waals surface area (Å²) < 4.78 is 0. The number of benzene rings is 1. The first-order chi connectivity index (χ1) is 8.60. The van der Waals surface area contributed by atoms with Crippen LogP contribution in [-0.2, 0) is 13.0 Å². The van der Waals surface area contributed by atoms with Crippen molar-refractivity contribution in [1.29, 1.82) is 0 Å². The standard InChI is InChI=1S/C12H10Cl2N2O2/c13-9-2-1-7(3-10(9)14)4-11-15-5-8(6-17)12(18)16-11/h1-3,5,17H,4,6H2,(H,15,16,18). The number of aliphatic hydroxyl groups excluding tert-OH is 1. The van der Waals surface area contributed by atoms with E-state index in [0.29, 0.717) is 22.3 Å². The molecule has 0 bridgehead atoms. The third-order valence-electron chi connectivity index (χ3n) is 2.45. The highest BCUT2D eigenvalue weighted by Gasteiger charge is 2.04. The predicted molar refractivity (Wildman–Crippen MR) is 70.0 cm³/mol. The largest absolute Gasteiger partial charge is 0.391 e. The monoisotopic (exact) mass is 284 g/mol. The topological polar surface area (TPSA) is 66.0 Å². The summed E-state index contributed by atoms with van der Waals surface area (Å²) in [7, 11) is 0. The van der Waals surface area contributed by atoms with Gasteiger partial charge < -0.3 is 10.1 Å². The zero-order valence-electron chi connectivity index (χ0n) is 9.28. The van der Waals surface area contributed by atoms with Gasteiger partial charge in [0.05, 0.1) is 22.2 Å². The van der Waals surface area contributed by atoms with E-state index in [1.165, 1.54) is 6.20 Å². The lowest BCUT2D eigenvalue weighted by Crippen LogP contribution is -2.16. The van der Waals surface area contributed by atoms with Crippen LogP contribution in [0.3, 0.4) is 0 Å². The molecule has 1 aromatic heterocycles. The first kappa shape index (κ1) is 13.1. The molecule has 0 saturated carbocycles. The number of aliphatic hydroxyl groups is 1. The van der Waals surface area contributed by atoms with Crippen LogP contribution in [0, 0.1) is 0 Å². The molecular formula is C12H10Cl2N2O2. The number of halogens is 2. The van der Waals surface area contributed by atoms with Gasteiger partial charge in [-0.15, -0.1) is 0 Å². The minimum atomic E-state index is -0.331. The number of nitrogens with zero attached hydrogens (tertiary/aromatic N) is 1. The van der Waals surface area contributed by atoms with E-state index in [2.05, 4.69) is 9.97 Å². The molecule has 2 rings (SSSR count). The second-order valence-electron chi connectivity index (χ2n) is 3.77. The van der Waals surface area contributed by atoms with Crippen LogP contribution in [-0.4, -0.2) is 15.1 Å². The highest BCUT2D eigenvalue weighted by atomic mass is 35.5. The van der Waals surface area contributed by atoms with Crippen LogP contribution in [0.1, 0.15) is 17.0 Å².